The minimum absolute atomic E-state index is 0.0746. The molecular weight excluding hydrogens is 240 g/mol. The number of carbonyl (C=O) groups excluding carboxylic acids is 2. The summed E-state index contributed by atoms with van der Waals surface area (Å²) in [5.41, 5.74) is -0.588. The molecule has 0 aromatic heterocycles. The van der Waals surface area contributed by atoms with Crippen LogP contribution in [-0.4, -0.2) is 34.8 Å². The maximum absolute atomic E-state index is 12.7. The lowest BCUT2D eigenvalue weighted by Crippen LogP contribution is -2.71. The fourth-order valence-electron chi connectivity index (χ4n) is 3.62. The van der Waals surface area contributed by atoms with Gasteiger partial charge < -0.3 is 10.2 Å². The second kappa shape index (κ2) is 4.66. The highest BCUT2D eigenvalue weighted by Crippen LogP contribution is 2.41. The summed E-state index contributed by atoms with van der Waals surface area (Å²) in [6.45, 7) is 4.25. The van der Waals surface area contributed by atoms with Crippen LogP contribution in [0.1, 0.15) is 44.9 Å². The Hall–Kier alpha value is -1.32. The number of rotatable bonds is 3. The highest BCUT2D eigenvalue weighted by Gasteiger charge is 2.54. The summed E-state index contributed by atoms with van der Waals surface area (Å²) in [5.74, 6) is 0.555. The molecule has 104 valence electrons. The minimum atomic E-state index is -0.588. The summed E-state index contributed by atoms with van der Waals surface area (Å²) in [7, 11) is 0. The zero-order valence-corrected chi connectivity index (χ0v) is 11.4. The van der Waals surface area contributed by atoms with Crippen LogP contribution in [0.25, 0.3) is 0 Å². The maximum atomic E-state index is 12.7. The largest absolute Gasteiger partial charge is 0.342 e. The van der Waals surface area contributed by atoms with Crippen molar-refractivity contribution < 1.29 is 9.59 Å². The van der Waals surface area contributed by atoms with Crippen molar-refractivity contribution in [2.45, 2.75) is 56.5 Å². The van der Waals surface area contributed by atoms with Gasteiger partial charge in [0, 0.05) is 6.54 Å². The fraction of sp³-hybridized carbons (Fsp3) is 0.733. The first-order valence-corrected chi connectivity index (χ1v) is 7.42. The molecule has 4 heteroatoms. The summed E-state index contributed by atoms with van der Waals surface area (Å²) in [5, 5.41) is 3.01. The molecule has 2 amide bonds. The van der Waals surface area contributed by atoms with Gasteiger partial charge in [-0.15, -0.1) is 6.58 Å². The molecule has 1 aliphatic heterocycles. The van der Waals surface area contributed by atoms with Gasteiger partial charge in [0.1, 0.15) is 11.6 Å². The zero-order valence-electron chi connectivity index (χ0n) is 11.4. The standard InChI is InChI=1S/C15H22N2O2/c1-2-10-17-13(18)12(11-6-7-11)16-14(19)15(17)8-4-3-5-9-15/h2,11-12H,1,3-10H2,(H,16,19). The second-order valence-electron chi connectivity index (χ2n) is 6.12. The summed E-state index contributed by atoms with van der Waals surface area (Å²) in [6, 6.07) is -0.278. The van der Waals surface area contributed by atoms with Crippen LogP contribution in [0, 0.1) is 5.92 Å². The normalized spacial score (nSPS) is 30.3. The van der Waals surface area contributed by atoms with Gasteiger partial charge in [0.2, 0.25) is 11.8 Å². The lowest BCUT2D eigenvalue weighted by Gasteiger charge is -2.49. The van der Waals surface area contributed by atoms with Crippen LogP contribution in [0.3, 0.4) is 0 Å². The topological polar surface area (TPSA) is 49.4 Å². The van der Waals surface area contributed by atoms with Gasteiger partial charge in [-0.3, -0.25) is 9.59 Å². The van der Waals surface area contributed by atoms with E-state index in [4.69, 9.17) is 0 Å². The third kappa shape index (κ3) is 1.97. The molecule has 1 heterocycles. The first-order valence-electron chi connectivity index (χ1n) is 7.42. The van der Waals surface area contributed by atoms with Crippen LogP contribution in [0.5, 0.6) is 0 Å². The average molecular weight is 262 g/mol. The SMILES string of the molecule is C=CCN1C(=O)C(C2CC2)NC(=O)C12CCCCC2. The quantitative estimate of drug-likeness (QED) is 0.786. The molecule has 1 saturated heterocycles. The molecule has 4 nitrogen and oxygen atoms in total. The van der Waals surface area contributed by atoms with E-state index in [2.05, 4.69) is 11.9 Å². The first kappa shape index (κ1) is 12.7. The predicted octanol–water partition coefficient (Wildman–Crippen LogP) is 1.61. The van der Waals surface area contributed by atoms with Crippen LogP contribution in [0.4, 0.5) is 0 Å². The van der Waals surface area contributed by atoms with Crippen molar-refractivity contribution in [2.24, 2.45) is 5.92 Å². The number of carbonyl (C=O) groups is 2. The minimum Gasteiger partial charge on any atom is -0.342 e. The Labute approximate surface area is 114 Å². The third-order valence-electron chi connectivity index (χ3n) is 4.84. The van der Waals surface area contributed by atoms with Gasteiger partial charge in [-0.25, -0.2) is 0 Å². The Morgan fingerprint density at radius 3 is 2.53 bits per heavy atom. The lowest BCUT2D eigenvalue weighted by molar-refractivity contribution is -0.159. The number of hydrogen-bond acceptors (Lipinski definition) is 2. The number of nitrogens with one attached hydrogen (secondary N) is 1. The smallest absolute Gasteiger partial charge is 0.246 e. The molecule has 0 radical (unpaired) electrons. The molecule has 3 aliphatic rings. The van der Waals surface area contributed by atoms with Gasteiger partial charge in [-0.1, -0.05) is 25.3 Å². The average Bonchev–Trinajstić information content (AvgIpc) is 3.25. The van der Waals surface area contributed by atoms with Crippen molar-refractivity contribution in [1.29, 1.82) is 0 Å². The van der Waals surface area contributed by atoms with Crippen LogP contribution < -0.4 is 5.32 Å². The van der Waals surface area contributed by atoms with E-state index in [1.54, 1.807) is 6.08 Å². The van der Waals surface area contributed by atoms with Gasteiger partial charge in [0.25, 0.3) is 0 Å². The molecule has 1 unspecified atom stereocenters. The molecule has 1 atom stereocenters. The second-order valence-corrected chi connectivity index (χ2v) is 6.12. The number of nitrogens with zero attached hydrogens (tertiary/aromatic N) is 1. The number of piperazine rings is 1. The van der Waals surface area contributed by atoms with E-state index in [-0.39, 0.29) is 17.9 Å². The van der Waals surface area contributed by atoms with Crippen LogP contribution in [-0.2, 0) is 9.59 Å². The Kier molecular flexibility index (Phi) is 3.11. The maximum Gasteiger partial charge on any atom is 0.246 e. The fourth-order valence-corrected chi connectivity index (χ4v) is 3.62. The number of hydrogen-bond donors (Lipinski definition) is 1. The molecule has 3 fully saturated rings. The van der Waals surface area contributed by atoms with Gasteiger partial charge in [0.15, 0.2) is 0 Å². The van der Waals surface area contributed by atoms with E-state index in [9.17, 15) is 9.59 Å². The van der Waals surface area contributed by atoms with E-state index in [0.717, 1.165) is 44.9 Å². The molecule has 3 rings (SSSR count). The summed E-state index contributed by atoms with van der Waals surface area (Å²) in [4.78, 5) is 27.1. The van der Waals surface area contributed by atoms with Crippen LogP contribution in [0.15, 0.2) is 12.7 Å². The molecule has 2 aliphatic carbocycles. The Morgan fingerprint density at radius 2 is 1.95 bits per heavy atom. The molecule has 0 bridgehead atoms. The van der Waals surface area contributed by atoms with E-state index >= 15 is 0 Å². The molecule has 1 spiro atoms. The first-order chi connectivity index (χ1) is 9.19. The predicted molar refractivity (Wildman–Crippen MR) is 72.4 cm³/mol. The Bertz CT molecular complexity index is 408. The summed E-state index contributed by atoms with van der Waals surface area (Å²) in [6.07, 6.45) is 8.70. The molecule has 0 aromatic rings. The molecular formula is C15H22N2O2. The molecule has 1 N–H and O–H groups in total. The Balaban J connectivity index is 1.91. The van der Waals surface area contributed by atoms with Gasteiger partial charge in [0.05, 0.1) is 0 Å². The summed E-state index contributed by atoms with van der Waals surface area (Å²) < 4.78 is 0. The van der Waals surface area contributed by atoms with Crippen molar-refractivity contribution in [3.8, 4) is 0 Å². The lowest BCUT2D eigenvalue weighted by atomic mass is 9.77. The monoisotopic (exact) mass is 262 g/mol. The van der Waals surface area contributed by atoms with Gasteiger partial charge in [-0.05, 0) is 31.6 Å². The van der Waals surface area contributed by atoms with E-state index in [0.29, 0.717) is 12.5 Å². The summed E-state index contributed by atoms with van der Waals surface area (Å²) >= 11 is 0. The van der Waals surface area contributed by atoms with Crippen molar-refractivity contribution in [2.75, 3.05) is 6.54 Å². The van der Waals surface area contributed by atoms with Gasteiger partial charge >= 0.3 is 0 Å². The van der Waals surface area contributed by atoms with Crippen molar-refractivity contribution in [1.82, 2.24) is 10.2 Å². The third-order valence-corrected chi connectivity index (χ3v) is 4.84. The van der Waals surface area contributed by atoms with Crippen molar-refractivity contribution >= 4 is 11.8 Å². The van der Waals surface area contributed by atoms with Gasteiger partial charge in [-0.2, -0.15) is 0 Å². The number of amides is 2. The molecule has 19 heavy (non-hydrogen) atoms. The van der Waals surface area contributed by atoms with E-state index in [1.165, 1.54) is 0 Å². The zero-order chi connectivity index (χ0) is 13.5. The molecule has 0 aromatic carbocycles. The van der Waals surface area contributed by atoms with Crippen molar-refractivity contribution in [3.63, 3.8) is 0 Å². The van der Waals surface area contributed by atoms with Crippen molar-refractivity contribution in [3.05, 3.63) is 12.7 Å². The molecule has 2 saturated carbocycles. The Morgan fingerprint density at radius 1 is 1.26 bits per heavy atom. The highest BCUT2D eigenvalue weighted by molar-refractivity contribution is 6.00. The van der Waals surface area contributed by atoms with Crippen LogP contribution in [0.2, 0.25) is 0 Å². The van der Waals surface area contributed by atoms with Crippen LogP contribution >= 0.6 is 0 Å². The highest BCUT2D eigenvalue weighted by atomic mass is 16.2. The van der Waals surface area contributed by atoms with E-state index in [1.807, 2.05) is 4.90 Å². The van der Waals surface area contributed by atoms with E-state index < -0.39 is 5.54 Å².